The van der Waals surface area contributed by atoms with Gasteiger partial charge >= 0.3 is 0 Å². The molecule has 142 valence electrons. The Balaban J connectivity index is 1.56. The first-order chi connectivity index (χ1) is 13.0. The summed E-state index contributed by atoms with van der Waals surface area (Å²) in [5.41, 5.74) is 1.45. The van der Waals surface area contributed by atoms with E-state index in [9.17, 15) is 13.2 Å². The summed E-state index contributed by atoms with van der Waals surface area (Å²) in [4.78, 5) is 12.1. The lowest BCUT2D eigenvalue weighted by atomic mass is 10.2. The van der Waals surface area contributed by atoms with Gasteiger partial charge in [-0.15, -0.1) is 0 Å². The number of rotatable bonds is 7. The molecule has 0 spiro atoms. The molecule has 1 amide bonds. The number of benzene rings is 2. The van der Waals surface area contributed by atoms with Crippen LogP contribution in [0.15, 0.2) is 65.6 Å². The maximum Gasteiger partial charge on any atom is 0.248 e. The van der Waals surface area contributed by atoms with Crippen LogP contribution < -0.4 is 10.0 Å². The van der Waals surface area contributed by atoms with Crippen molar-refractivity contribution in [3.63, 3.8) is 0 Å². The van der Waals surface area contributed by atoms with Crippen molar-refractivity contribution in [2.24, 2.45) is 0 Å². The lowest BCUT2D eigenvalue weighted by molar-refractivity contribution is -0.111. The Morgan fingerprint density at radius 3 is 2.52 bits per heavy atom. The lowest BCUT2D eigenvalue weighted by Gasteiger charge is -2.11. The Morgan fingerprint density at radius 1 is 1.11 bits per heavy atom. The number of ether oxygens (including phenoxy) is 1. The van der Waals surface area contributed by atoms with Crippen molar-refractivity contribution in [1.82, 2.24) is 4.72 Å². The molecule has 6 nitrogen and oxygen atoms in total. The second-order valence-electron chi connectivity index (χ2n) is 6.24. The average Bonchev–Trinajstić information content (AvgIpc) is 3.20. The van der Waals surface area contributed by atoms with Crippen LogP contribution in [0.4, 0.5) is 5.69 Å². The zero-order chi connectivity index (χ0) is 19.1. The quantitative estimate of drug-likeness (QED) is 0.717. The third kappa shape index (κ3) is 5.75. The summed E-state index contributed by atoms with van der Waals surface area (Å²) in [6.45, 7) is 0.949. The highest BCUT2D eigenvalue weighted by Gasteiger charge is 2.20. The predicted molar refractivity (Wildman–Crippen MR) is 105 cm³/mol. The Hall–Kier alpha value is -2.48. The number of sulfonamides is 1. The van der Waals surface area contributed by atoms with Crippen molar-refractivity contribution in [2.45, 2.75) is 23.8 Å². The van der Waals surface area contributed by atoms with E-state index in [0.29, 0.717) is 12.3 Å². The van der Waals surface area contributed by atoms with Gasteiger partial charge in [0.1, 0.15) is 0 Å². The first kappa shape index (κ1) is 19.3. The van der Waals surface area contributed by atoms with Gasteiger partial charge in [-0.25, -0.2) is 13.1 Å². The molecular weight excluding hydrogens is 364 g/mol. The summed E-state index contributed by atoms with van der Waals surface area (Å²) < 4.78 is 32.6. The first-order valence-electron chi connectivity index (χ1n) is 8.78. The molecule has 1 aliphatic rings. The second kappa shape index (κ2) is 8.94. The molecule has 0 aromatic heterocycles. The monoisotopic (exact) mass is 386 g/mol. The van der Waals surface area contributed by atoms with Crippen molar-refractivity contribution in [2.75, 3.05) is 18.5 Å². The van der Waals surface area contributed by atoms with E-state index in [1.54, 1.807) is 18.2 Å². The van der Waals surface area contributed by atoms with Crippen LogP contribution in [0.3, 0.4) is 0 Å². The van der Waals surface area contributed by atoms with Gasteiger partial charge in [0.2, 0.25) is 15.9 Å². The number of hydrogen-bond donors (Lipinski definition) is 2. The lowest BCUT2D eigenvalue weighted by Crippen LogP contribution is -2.31. The van der Waals surface area contributed by atoms with Crippen molar-refractivity contribution < 1.29 is 17.9 Å². The minimum atomic E-state index is -3.60. The summed E-state index contributed by atoms with van der Waals surface area (Å²) in [6, 6.07) is 15.5. The maximum absolute atomic E-state index is 12.3. The molecule has 0 radical (unpaired) electrons. The molecule has 27 heavy (non-hydrogen) atoms. The molecule has 1 saturated heterocycles. The third-order valence-corrected chi connectivity index (χ3v) is 5.62. The SMILES string of the molecule is O=C(/C=C/c1ccccc1)Nc1ccc(S(=O)(=O)NCC2CCCO2)cc1. The molecule has 7 heteroatoms. The molecule has 1 aliphatic heterocycles. The summed E-state index contributed by atoms with van der Waals surface area (Å²) in [7, 11) is -3.60. The van der Waals surface area contributed by atoms with Crippen LogP contribution in [-0.2, 0) is 19.6 Å². The second-order valence-corrected chi connectivity index (χ2v) is 8.01. The summed E-state index contributed by atoms with van der Waals surface area (Å²) in [5, 5.41) is 2.71. The Kier molecular flexibility index (Phi) is 6.39. The van der Waals surface area contributed by atoms with Gasteiger partial charge in [-0.2, -0.15) is 0 Å². The topological polar surface area (TPSA) is 84.5 Å². The van der Waals surface area contributed by atoms with E-state index >= 15 is 0 Å². The van der Waals surface area contributed by atoms with E-state index in [1.807, 2.05) is 30.3 Å². The molecular formula is C20H22N2O4S. The van der Waals surface area contributed by atoms with Gasteiger partial charge in [-0.1, -0.05) is 30.3 Å². The number of amides is 1. The molecule has 1 atom stereocenters. The summed E-state index contributed by atoms with van der Waals surface area (Å²) in [6.07, 6.45) is 4.91. The molecule has 2 N–H and O–H groups in total. The molecule has 3 rings (SSSR count). The van der Waals surface area contributed by atoms with E-state index in [-0.39, 0.29) is 23.5 Å². The normalized spacial score (nSPS) is 17.3. The fourth-order valence-electron chi connectivity index (χ4n) is 2.73. The van der Waals surface area contributed by atoms with E-state index in [2.05, 4.69) is 10.0 Å². The highest BCUT2D eigenvalue weighted by Crippen LogP contribution is 2.16. The van der Waals surface area contributed by atoms with Gasteiger partial charge < -0.3 is 10.1 Å². The largest absolute Gasteiger partial charge is 0.377 e. The van der Waals surface area contributed by atoms with Gasteiger partial charge in [0.05, 0.1) is 11.0 Å². The molecule has 2 aromatic rings. The van der Waals surface area contributed by atoms with Crippen LogP contribution in [-0.4, -0.2) is 33.6 Å². The summed E-state index contributed by atoms with van der Waals surface area (Å²) in [5.74, 6) is -0.286. The maximum atomic E-state index is 12.3. The van der Waals surface area contributed by atoms with Gasteiger partial charge in [0, 0.05) is 24.9 Å². The highest BCUT2D eigenvalue weighted by atomic mass is 32.2. The summed E-state index contributed by atoms with van der Waals surface area (Å²) >= 11 is 0. The van der Waals surface area contributed by atoms with Crippen LogP contribution >= 0.6 is 0 Å². The Bertz CT molecular complexity index is 887. The number of anilines is 1. The fraction of sp³-hybridized carbons (Fsp3) is 0.250. The van der Waals surface area contributed by atoms with Crippen LogP contribution in [0, 0.1) is 0 Å². The van der Waals surface area contributed by atoms with Gasteiger partial charge in [0.25, 0.3) is 0 Å². The predicted octanol–water partition coefficient (Wildman–Crippen LogP) is 2.80. The van der Waals surface area contributed by atoms with E-state index in [0.717, 1.165) is 18.4 Å². The van der Waals surface area contributed by atoms with E-state index in [4.69, 9.17) is 4.74 Å². The molecule has 2 aromatic carbocycles. The molecule has 1 fully saturated rings. The van der Waals surface area contributed by atoms with Crippen molar-refractivity contribution in [3.8, 4) is 0 Å². The van der Waals surface area contributed by atoms with Crippen LogP contribution in [0.2, 0.25) is 0 Å². The molecule has 0 bridgehead atoms. The van der Waals surface area contributed by atoms with Crippen LogP contribution in [0.25, 0.3) is 6.08 Å². The van der Waals surface area contributed by atoms with Crippen molar-refractivity contribution in [3.05, 3.63) is 66.2 Å². The number of carbonyl (C=O) groups is 1. The van der Waals surface area contributed by atoms with Gasteiger partial charge in [-0.3, -0.25) is 4.79 Å². The molecule has 1 unspecified atom stereocenters. The molecule has 0 saturated carbocycles. The number of nitrogens with one attached hydrogen (secondary N) is 2. The van der Waals surface area contributed by atoms with Crippen LogP contribution in [0.1, 0.15) is 18.4 Å². The minimum absolute atomic E-state index is 0.0604. The average molecular weight is 386 g/mol. The smallest absolute Gasteiger partial charge is 0.248 e. The van der Waals surface area contributed by atoms with E-state index in [1.165, 1.54) is 18.2 Å². The molecule has 1 heterocycles. The van der Waals surface area contributed by atoms with E-state index < -0.39 is 10.0 Å². The first-order valence-corrected chi connectivity index (χ1v) is 10.3. The van der Waals surface area contributed by atoms with Crippen LogP contribution in [0.5, 0.6) is 0 Å². The number of hydrogen-bond acceptors (Lipinski definition) is 4. The highest BCUT2D eigenvalue weighted by molar-refractivity contribution is 7.89. The standard InChI is InChI=1S/C20H22N2O4S/c23-20(13-8-16-5-2-1-3-6-16)22-17-9-11-19(12-10-17)27(24,25)21-15-18-7-4-14-26-18/h1-3,5-6,8-13,18,21H,4,7,14-15H2,(H,22,23)/b13-8+. The zero-order valence-electron chi connectivity index (χ0n) is 14.8. The van der Waals surface area contributed by atoms with Gasteiger partial charge in [-0.05, 0) is 48.7 Å². The third-order valence-electron chi connectivity index (χ3n) is 4.18. The number of carbonyl (C=O) groups excluding carboxylic acids is 1. The Labute approximate surface area is 159 Å². The Morgan fingerprint density at radius 2 is 1.85 bits per heavy atom. The minimum Gasteiger partial charge on any atom is -0.377 e. The zero-order valence-corrected chi connectivity index (χ0v) is 15.6. The van der Waals surface area contributed by atoms with Gasteiger partial charge in [0.15, 0.2) is 0 Å². The fourth-order valence-corrected chi connectivity index (χ4v) is 3.80. The van der Waals surface area contributed by atoms with Crippen molar-refractivity contribution >= 4 is 27.7 Å². The molecule has 0 aliphatic carbocycles. The van der Waals surface area contributed by atoms with Crippen molar-refractivity contribution in [1.29, 1.82) is 0 Å².